The average Bonchev–Trinajstić information content (AvgIpc) is 2.76. The second kappa shape index (κ2) is 8.60. The Kier molecular flexibility index (Phi) is 5.80. The number of likely N-dealkylation sites (tertiary alicyclic amines) is 1. The molecule has 0 spiro atoms. The molecule has 1 aliphatic carbocycles. The largest absolute Gasteiger partial charge is 0.495 e. The summed E-state index contributed by atoms with van der Waals surface area (Å²) in [5.41, 5.74) is 0.821. The highest BCUT2D eigenvalue weighted by atomic mass is 32.2. The zero-order chi connectivity index (χ0) is 22.3. The molecular formula is C25H31NO5S. The summed E-state index contributed by atoms with van der Waals surface area (Å²) < 4.78 is 44.1. The number of hydrogen-bond acceptors (Lipinski definition) is 6. The molecule has 6 nitrogen and oxygen atoms in total. The maximum Gasteiger partial charge on any atom is 0.192 e. The third-order valence-corrected chi connectivity index (χ3v) is 9.39. The molecule has 3 aliphatic rings. The number of rotatable bonds is 5. The Morgan fingerprint density at radius 2 is 1.72 bits per heavy atom. The van der Waals surface area contributed by atoms with Crippen LogP contribution in [0.3, 0.4) is 0 Å². The first-order valence-corrected chi connectivity index (χ1v) is 13.1. The summed E-state index contributed by atoms with van der Waals surface area (Å²) in [6.07, 6.45) is 5.83. The predicted molar refractivity (Wildman–Crippen MR) is 122 cm³/mol. The van der Waals surface area contributed by atoms with Crippen LogP contribution in [0.5, 0.6) is 17.2 Å². The molecule has 0 amide bonds. The number of sulfone groups is 1. The standard InChI is InChI=1S/C25H31NO5S/c1-17-24(31-23-8-4-7-22(29-2)25(23)32(17,27)28)18-9-11-20(12-10-18)30-21-13-15-26(16-14-21)19-5-3-6-19/h4,7-12,17,19,21,24H,3,5-6,13-16H2,1-2H3/t17-,24+/m1/s1. The Labute approximate surface area is 190 Å². The van der Waals surface area contributed by atoms with Gasteiger partial charge >= 0.3 is 0 Å². The lowest BCUT2D eigenvalue weighted by molar-refractivity contribution is 0.0493. The Morgan fingerprint density at radius 1 is 1.00 bits per heavy atom. The molecule has 0 bridgehead atoms. The molecule has 7 heteroatoms. The Morgan fingerprint density at radius 3 is 2.34 bits per heavy atom. The van der Waals surface area contributed by atoms with E-state index in [0.29, 0.717) is 11.5 Å². The topological polar surface area (TPSA) is 65.1 Å². The lowest BCUT2D eigenvalue weighted by Gasteiger charge is -2.41. The lowest BCUT2D eigenvalue weighted by atomic mass is 9.90. The van der Waals surface area contributed by atoms with Gasteiger partial charge in [-0.05, 0) is 62.4 Å². The quantitative estimate of drug-likeness (QED) is 0.664. The summed E-state index contributed by atoms with van der Waals surface area (Å²) in [4.78, 5) is 2.75. The highest BCUT2D eigenvalue weighted by Gasteiger charge is 2.42. The molecule has 0 aromatic heterocycles. The Bertz CT molecular complexity index is 1060. The minimum atomic E-state index is -3.59. The van der Waals surface area contributed by atoms with Gasteiger partial charge in [0.25, 0.3) is 0 Å². The summed E-state index contributed by atoms with van der Waals surface area (Å²) in [6.45, 7) is 3.92. The average molecular weight is 458 g/mol. The van der Waals surface area contributed by atoms with E-state index in [2.05, 4.69) is 4.90 Å². The molecule has 1 saturated carbocycles. The van der Waals surface area contributed by atoms with Gasteiger partial charge < -0.3 is 19.1 Å². The number of nitrogens with zero attached hydrogens (tertiary/aromatic N) is 1. The Balaban J connectivity index is 1.28. The van der Waals surface area contributed by atoms with E-state index >= 15 is 0 Å². The van der Waals surface area contributed by atoms with Gasteiger partial charge in [0.2, 0.25) is 0 Å². The van der Waals surface area contributed by atoms with Gasteiger partial charge in [-0.1, -0.05) is 24.6 Å². The molecule has 172 valence electrons. The molecule has 32 heavy (non-hydrogen) atoms. The van der Waals surface area contributed by atoms with Crippen molar-refractivity contribution >= 4 is 9.84 Å². The third-order valence-electron chi connectivity index (χ3n) is 7.20. The molecule has 2 heterocycles. The molecule has 2 aliphatic heterocycles. The van der Waals surface area contributed by atoms with Crippen LogP contribution in [0.25, 0.3) is 0 Å². The van der Waals surface area contributed by atoms with Crippen molar-refractivity contribution in [1.29, 1.82) is 0 Å². The maximum absolute atomic E-state index is 13.2. The van der Waals surface area contributed by atoms with Crippen molar-refractivity contribution in [1.82, 2.24) is 4.90 Å². The highest BCUT2D eigenvalue weighted by Crippen LogP contribution is 2.45. The number of benzene rings is 2. The van der Waals surface area contributed by atoms with Crippen LogP contribution in [0.4, 0.5) is 0 Å². The smallest absolute Gasteiger partial charge is 0.192 e. The first-order valence-electron chi connectivity index (χ1n) is 11.6. The zero-order valence-electron chi connectivity index (χ0n) is 18.7. The normalized spacial score (nSPS) is 25.9. The van der Waals surface area contributed by atoms with Gasteiger partial charge in [-0.3, -0.25) is 0 Å². The van der Waals surface area contributed by atoms with Gasteiger partial charge in [-0.25, -0.2) is 8.42 Å². The second-order valence-electron chi connectivity index (χ2n) is 9.08. The van der Waals surface area contributed by atoms with Crippen molar-refractivity contribution in [2.24, 2.45) is 0 Å². The molecule has 2 aromatic carbocycles. The van der Waals surface area contributed by atoms with Crippen molar-refractivity contribution in [2.45, 2.75) is 67.4 Å². The molecule has 0 unspecified atom stereocenters. The van der Waals surface area contributed by atoms with Crippen LogP contribution in [0, 0.1) is 0 Å². The highest BCUT2D eigenvalue weighted by molar-refractivity contribution is 7.92. The number of methoxy groups -OCH3 is 1. The minimum absolute atomic E-state index is 0.138. The van der Waals surface area contributed by atoms with Gasteiger partial charge in [0.1, 0.15) is 34.7 Å². The number of piperidine rings is 1. The molecule has 2 fully saturated rings. The fourth-order valence-corrected chi connectivity index (χ4v) is 6.73. The molecular weight excluding hydrogens is 426 g/mol. The van der Waals surface area contributed by atoms with E-state index in [1.807, 2.05) is 24.3 Å². The fraction of sp³-hybridized carbons (Fsp3) is 0.520. The predicted octanol–water partition coefficient (Wildman–Crippen LogP) is 4.39. The molecule has 5 rings (SSSR count). The zero-order valence-corrected chi connectivity index (χ0v) is 19.5. The summed E-state index contributed by atoms with van der Waals surface area (Å²) >= 11 is 0. The summed E-state index contributed by atoms with van der Waals surface area (Å²) in [5.74, 6) is 1.48. The van der Waals surface area contributed by atoms with Crippen LogP contribution in [0.1, 0.15) is 50.7 Å². The monoisotopic (exact) mass is 457 g/mol. The van der Waals surface area contributed by atoms with Crippen molar-refractivity contribution in [3.05, 3.63) is 48.0 Å². The lowest BCUT2D eigenvalue weighted by Crippen LogP contribution is -2.46. The van der Waals surface area contributed by atoms with Crippen LogP contribution in [-0.2, 0) is 9.84 Å². The third kappa shape index (κ3) is 3.86. The van der Waals surface area contributed by atoms with Crippen LogP contribution in [-0.4, -0.2) is 50.9 Å². The first kappa shape index (κ1) is 21.6. The summed E-state index contributed by atoms with van der Waals surface area (Å²) in [6, 6.07) is 13.6. The van der Waals surface area contributed by atoms with E-state index in [-0.39, 0.29) is 11.0 Å². The molecule has 2 atom stereocenters. The van der Waals surface area contributed by atoms with E-state index in [0.717, 1.165) is 43.3 Å². The molecule has 1 saturated heterocycles. The first-order chi connectivity index (χ1) is 15.5. The van der Waals surface area contributed by atoms with E-state index in [1.54, 1.807) is 25.1 Å². The van der Waals surface area contributed by atoms with Gasteiger partial charge in [-0.15, -0.1) is 0 Å². The summed E-state index contributed by atoms with van der Waals surface area (Å²) in [5, 5.41) is -0.728. The van der Waals surface area contributed by atoms with E-state index in [9.17, 15) is 8.42 Å². The maximum atomic E-state index is 13.2. The SMILES string of the molecule is COc1cccc2c1S(=O)(=O)[C@H](C)[C@@H](c1ccc(OC3CCN(C4CCC4)CC3)cc1)O2. The molecule has 0 radical (unpaired) electrons. The van der Waals surface area contributed by atoms with Gasteiger partial charge in [0.05, 0.1) is 7.11 Å². The van der Waals surface area contributed by atoms with Gasteiger partial charge in [0.15, 0.2) is 14.7 Å². The Hall–Kier alpha value is -2.25. The fourth-order valence-electron chi connectivity index (χ4n) is 4.99. The number of hydrogen-bond donors (Lipinski definition) is 0. The number of ether oxygens (including phenoxy) is 3. The van der Waals surface area contributed by atoms with E-state index in [4.69, 9.17) is 14.2 Å². The van der Waals surface area contributed by atoms with Crippen molar-refractivity contribution < 1.29 is 22.6 Å². The van der Waals surface area contributed by atoms with Gasteiger partial charge in [-0.2, -0.15) is 0 Å². The molecule has 0 N–H and O–H groups in total. The van der Waals surface area contributed by atoms with E-state index < -0.39 is 21.2 Å². The van der Waals surface area contributed by atoms with Crippen LogP contribution in [0.2, 0.25) is 0 Å². The molecule has 2 aromatic rings. The number of fused-ring (bicyclic) bond motifs is 1. The van der Waals surface area contributed by atoms with Crippen LogP contribution >= 0.6 is 0 Å². The van der Waals surface area contributed by atoms with Crippen LogP contribution < -0.4 is 14.2 Å². The van der Waals surface area contributed by atoms with Crippen LogP contribution in [0.15, 0.2) is 47.4 Å². The summed E-state index contributed by atoms with van der Waals surface area (Å²) in [7, 11) is -2.12. The van der Waals surface area contributed by atoms with E-state index in [1.165, 1.54) is 26.4 Å². The van der Waals surface area contributed by atoms with Crippen molar-refractivity contribution in [2.75, 3.05) is 20.2 Å². The van der Waals surface area contributed by atoms with Gasteiger partial charge in [0, 0.05) is 19.1 Å². The van der Waals surface area contributed by atoms with Crippen molar-refractivity contribution in [3.8, 4) is 17.2 Å². The second-order valence-corrected chi connectivity index (χ2v) is 11.3. The van der Waals surface area contributed by atoms with Crippen molar-refractivity contribution in [3.63, 3.8) is 0 Å². The minimum Gasteiger partial charge on any atom is -0.495 e.